The Hall–Kier alpha value is -4.15. The molecular weight excluding hydrogens is 302 g/mol. The van der Waals surface area contributed by atoms with E-state index in [-0.39, 0.29) is 11.3 Å². The van der Waals surface area contributed by atoms with Crippen LogP contribution in [0.15, 0.2) is 59.8 Å². The summed E-state index contributed by atoms with van der Waals surface area (Å²) >= 11 is 0. The van der Waals surface area contributed by atoms with Gasteiger partial charge in [-0.05, 0) is 36.4 Å². The van der Waals surface area contributed by atoms with Crippen LogP contribution in [0.2, 0.25) is 0 Å². The number of nitrogens with one attached hydrogen (secondary N) is 1. The van der Waals surface area contributed by atoms with E-state index in [9.17, 15) is 0 Å². The fraction of sp³-hybridized carbons (Fsp3) is 0. The lowest BCUT2D eigenvalue weighted by Crippen LogP contribution is -2.01. The smallest absolute Gasteiger partial charge is 0.163 e. The first-order chi connectivity index (χ1) is 11.8. The summed E-state index contributed by atoms with van der Waals surface area (Å²) in [5.74, 6) is 0. The molecule has 7 nitrogen and oxygen atoms in total. The zero-order valence-corrected chi connectivity index (χ0v) is 12.3. The largest absolute Gasteiger partial charge is 0.345 e. The van der Waals surface area contributed by atoms with Crippen LogP contribution in [0, 0.1) is 34.0 Å². The van der Waals surface area contributed by atoms with Gasteiger partial charge in [0.05, 0.1) is 11.2 Å². The molecule has 0 saturated carbocycles. The van der Waals surface area contributed by atoms with E-state index in [1.807, 2.05) is 30.3 Å². The molecule has 1 heterocycles. The first-order valence-corrected chi connectivity index (χ1v) is 6.89. The second-order valence-electron chi connectivity index (χ2n) is 4.75. The van der Waals surface area contributed by atoms with Crippen molar-refractivity contribution >= 4 is 16.7 Å². The third-order valence-electron chi connectivity index (χ3n) is 3.32. The topological polar surface area (TPSA) is 114 Å². The van der Waals surface area contributed by atoms with Gasteiger partial charge in [-0.2, -0.15) is 15.8 Å². The maximum Gasteiger partial charge on any atom is 0.163 e. The van der Waals surface area contributed by atoms with Crippen LogP contribution in [0.4, 0.5) is 5.69 Å². The SMILES string of the molecule is N#CC(C#N)=C(C#N)Nc1ccc(-n2nnc3ccccc32)cc1. The minimum Gasteiger partial charge on any atom is -0.345 e. The number of hydrogen-bond donors (Lipinski definition) is 1. The van der Waals surface area contributed by atoms with Crippen LogP contribution in [0.25, 0.3) is 16.7 Å². The van der Waals surface area contributed by atoms with Crippen molar-refractivity contribution in [2.45, 2.75) is 0 Å². The number of allylic oxidation sites excluding steroid dienone is 2. The molecule has 0 saturated heterocycles. The lowest BCUT2D eigenvalue weighted by Gasteiger charge is -2.06. The molecule has 1 N–H and O–H groups in total. The highest BCUT2D eigenvalue weighted by Gasteiger charge is 2.08. The van der Waals surface area contributed by atoms with E-state index < -0.39 is 0 Å². The Morgan fingerprint density at radius 3 is 2.29 bits per heavy atom. The van der Waals surface area contributed by atoms with Gasteiger partial charge in [0.25, 0.3) is 0 Å². The summed E-state index contributed by atoms with van der Waals surface area (Å²) < 4.78 is 1.70. The molecule has 0 bridgehead atoms. The van der Waals surface area contributed by atoms with E-state index in [0.717, 1.165) is 16.7 Å². The van der Waals surface area contributed by atoms with Crippen LogP contribution >= 0.6 is 0 Å². The molecule has 0 fully saturated rings. The van der Waals surface area contributed by atoms with E-state index >= 15 is 0 Å². The Balaban J connectivity index is 1.92. The van der Waals surface area contributed by atoms with Crippen molar-refractivity contribution < 1.29 is 0 Å². The average Bonchev–Trinajstić information content (AvgIpc) is 3.06. The second kappa shape index (κ2) is 6.31. The van der Waals surface area contributed by atoms with E-state index in [2.05, 4.69) is 15.6 Å². The minimum absolute atomic E-state index is 0.0843. The summed E-state index contributed by atoms with van der Waals surface area (Å²) in [6.45, 7) is 0. The second-order valence-corrected chi connectivity index (χ2v) is 4.75. The van der Waals surface area contributed by atoms with Crippen molar-refractivity contribution in [3.63, 3.8) is 0 Å². The highest BCUT2D eigenvalue weighted by atomic mass is 15.4. The molecule has 3 aromatic rings. The molecule has 7 heteroatoms. The Bertz CT molecular complexity index is 1040. The predicted molar refractivity (Wildman–Crippen MR) is 86.4 cm³/mol. The van der Waals surface area contributed by atoms with Gasteiger partial charge in [0.1, 0.15) is 29.4 Å². The third-order valence-corrected chi connectivity index (χ3v) is 3.32. The summed E-state index contributed by atoms with van der Waals surface area (Å²) in [6.07, 6.45) is 0. The van der Waals surface area contributed by atoms with E-state index in [1.165, 1.54) is 0 Å². The Labute approximate surface area is 137 Å². The van der Waals surface area contributed by atoms with Crippen molar-refractivity contribution in [2.75, 3.05) is 5.32 Å². The molecule has 3 rings (SSSR count). The zero-order valence-electron chi connectivity index (χ0n) is 12.3. The van der Waals surface area contributed by atoms with Gasteiger partial charge in [-0.15, -0.1) is 5.10 Å². The molecule has 0 aliphatic heterocycles. The van der Waals surface area contributed by atoms with Crippen molar-refractivity contribution in [2.24, 2.45) is 0 Å². The first kappa shape index (κ1) is 14.8. The van der Waals surface area contributed by atoms with Gasteiger partial charge in [-0.1, -0.05) is 17.3 Å². The van der Waals surface area contributed by atoms with E-state index in [4.69, 9.17) is 15.8 Å². The number of anilines is 1. The fourth-order valence-corrected chi connectivity index (χ4v) is 2.17. The van der Waals surface area contributed by atoms with Crippen LogP contribution in [0.5, 0.6) is 0 Å². The average molecular weight is 311 g/mol. The number of rotatable bonds is 3. The lowest BCUT2D eigenvalue weighted by atomic mass is 10.2. The molecular formula is C17H9N7. The van der Waals surface area contributed by atoms with Crippen LogP contribution in [0.1, 0.15) is 0 Å². The maximum atomic E-state index is 9.05. The quantitative estimate of drug-likeness (QED) is 0.744. The molecule has 0 aliphatic carbocycles. The molecule has 0 aliphatic rings. The molecule has 0 radical (unpaired) electrons. The molecule has 0 unspecified atom stereocenters. The number of benzene rings is 2. The van der Waals surface area contributed by atoms with E-state index in [0.29, 0.717) is 5.69 Å². The van der Waals surface area contributed by atoms with Crippen LogP contribution in [-0.2, 0) is 0 Å². The molecule has 1 aromatic heterocycles. The van der Waals surface area contributed by atoms with Gasteiger partial charge >= 0.3 is 0 Å². The molecule has 24 heavy (non-hydrogen) atoms. The van der Waals surface area contributed by atoms with Gasteiger partial charge in [0, 0.05) is 5.69 Å². The summed E-state index contributed by atoms with van der Waals surface area (Å²) in [6, 6.07) is 19.9. The van der Waals surface area contributed by atoms with Crippen LogP contribution < -0.4 is 5.32 Å². The van der Waals surface area contributed by atoms with Gasteiger partial charge in [0.15, 0.2) is 5.57 Å². The van der Waals surface area contributed by atoms with Crippen molar-refractivity contribution in [3.05, 3.63) is 59.8 Å². The minimum atomic E-state index is -0.260. The number of nitriles is 3. The monoisotopic (exact) mass is 311 g/mol. The van der Waals surface area contributed by atoms with Gasteiger partial charge in [0.2, 0.25) is 0 Å². The first-order valence-electron chi connectivity index (χ1n) is 6.89. The van der Waals surface area contributed by atoms with Gasteiger partial charge in [-0.25, -0.2) is 4.68 Å². The van der Waals surface area contributed by atoms with Crippen LogP contribution in [-0.4, -0.2) is 15.0 Å². The number of aromatic nitrogens is 3. The molecule has 0 atom stereocenters. The van der Waals surface area contributed by atoms with Gasteiger partial charge < -0.3 is 5.32 Å². The number of fused-ring (bicyclic) bond motifs is 1. The molecule has 0 amide bonds. The summed E-state index contributed by atoms with van der Waals surface area (Å²) in [7, 11) is 0. The number of hydrogen-bond acceptors (Lipinski definition) is 6. The summed E-state index contributed by atoms with van der Waals surface area (Å²) in [5.41, 5.74) is 2.72. The highest BCUT2D eigenvalue weighted by molar-refractivity contribution is 5.76. The predicted octanol–water partition coefficient (Wildman–Crippen LogP) is 2.66. The molecule has 0 spiro atoms. The fourth-order valence-electron chi connectivity index (χ4n) is 2.17. The number of para-hydroxylation sites is 1. The van der Waals surface area contributed by atoms with Crippen LogP contribution in [0.3, 0.4) is 0 Å². The third kappa shape index (κ3) is 2.64. The number of nitrogens with zero attached hydrogens (tertiary/aromatic N) is 6. The molecule has 2 aromatic carbocycles. The highest BCUT2D eigenvalue weighted by Crippen LogP contribution is 2.19. The lowest BCUT2D eigenvalue weighted by molar-refractivity contribution is 0.824. The van der Waals surface area contributed by atoms with Crippen molar-refractivity contribution in [1.29, 1.82) is 15.8 Å². The Morgan fingerprint density at radius 2 is 1.62 bits per heavy atom. The summed E-state index contributed by atoms with van der Waals surface area (Å²) in [4.78, 5) is 0. The summed E-state index contributed by atoms with van der Waals surface area (Å²) in [5, 5.41) is 37.7. The zero-order chi connectivity index (χ0) is 16.9. The Morgan fingerprint density at radius 1 is 0.917 bits per heavy atom. The molecule has 112 valence electrons. The normalized spacial score (nSPS) is 9.54. The van der Waals surface area contributed by atoms with Gasteiger partial charge in [-0.3, -0.25) is 0 Å². The van der Waals surface area contributed by atoms with Crippen molar-refractivity contribution in [3.8, 4) is 23.9 Å². The standard InChI is InChI=1S/C17H9N7/c18-9-12(10-19)16(11-20)21-13-5-7-14(8-6-13)24-17-4-2-1-3-15(17)22-23-24/h1-8,21H. The maximum absolute atomic E-state index is 9.05. The Kier molecular flexibility index (Phi) is 3.88. The van der Waals surface area contributed by atoms with Crippen molar-refractivity contribution in [1.82, 2.24) is 15.0 Å². The van der Waals surface area contributed by atoms with E-state index in [1.54, 1.807) is 41.1 Å².